The highest BCUT2D eigenvalue weighted by Crippen LogP contribution is 2.18. The summed E-state index contributed by atoms with van der Waals surface area (Å²) in [6.07, 6.45) is 0. The highest BCUT2D eigenvalue weighted by molar-refractivity contribution is 5.21. The Morgan fingerprint density at radius 3 is 2.31 bits per heavy atom. The highest BCUT2D eigenvalue weighted by Gasteiger charge is 2.26. The van der Waals surface area contributed by atoms with Gasteiger partial charge in [0.2, 0.25) is 0 Å². The van der Waals surface area contributed by atoms with Crippen LogP contribution in [0.5, 0.6) is 0 Å². The van der Waals surface area contributed by atoms with Crippen LogP contribution in [0.25, 0.3) is 0 Å². The summed E-state index contributed by atoms with van der Waals surface area (Å²) >= 11 is 0. The molecule has 0 heterocycles. The molecular weight excluding hydrogens is 166 g/mol. The third-order valence-electron chi connectivity index (χ3n) is 1.99. The molecular formula is C10H15NO2. The van der Waals surface area contributed by atoms with E-state index in [1.54, 1.807) is 14.2 Å². The molecule has 1 aromatic carbocycles. The van der Waals surface area contributed by atoms with Gasteiger partial charge in [0.15, 0.2) is 5.72 Å². The lowest BCUT2D eigenvalue weighted by Crippen LogP contribution is -2.43. The lowest BCUT2D eigenvalue weighted by molar-refractivity contribution is -0.0650. The van der Waals surface area contributed by atoms with E-state index >= 15 is 0 Å². The minimum absolute atomic E-state index is 0.341. The second-order valence-corrected chi connectivity index (χ2v) is 2.89. The number of hydrogen-bond donors (Lipinski definition) is 1. The van der Waals surface area contributed by atoms with Crippen LogP contribution in [-0.4, -0.2) is 20.8 Å². The second-order valence-electron chi connectivity index (χ2n) is 2.89. The van der Waals surface area contributed by atoms with E-state index in [4.69, 9.17) is 15.2 Å². The lowest BCUT2D eigenvalue weighted by atomic mass is 10.1. The van der Waals surface area contributed by atoms with Gasteiger partial charge in [0, 0.05) is 19.8 Å². The van der Waals surface area contributed by atoms with Crippen LogP contribution in [0.1, 0.15) is 5.56 Å². The summed E-state index contributed by atoms with van der Waals surface area (Å²) < 4.78 is 10.2. The molecule has 0 bridgehead atoms. The number of rotatable bonds is 4. The molecule has 0 radical (unpaired) electrons. The van der Waals surface area contributed by atoms with Crippen molar-refractivity contribution in [2.45, 2.75) is 5.72 Å². The number of hydrogen-bond acceptors (Lipinski definition) is 3. The first-order chi connectivity index (χ1) is 6.23. The predicted molar refractivity (Wildman–Crippen MR) is 51.2 cm³/mol. The maximum Gasteiger partial charge on any atom is 0.165 e. The zero-order chi connectivity index (χ0) is 9.73. The largest absolute Gasteiger partial charge is 0.380 e. The molecule has 0 amide bonds. The van der Waals surface area contributed by atoms with E-state index in [0.717, 1.165) is 5.56 Å². The quantitative estimate of drug-likeness (QED) is 0.707. The van der Waals surface area contributed by atoms with Crippen molar-refractivity contribution < 1.29 is 9.47 Å². The van der Waals surface area contributed by atoms with Crippen LogP contribution in [-0.2, 0) is 15.2 Å². The topological polar surface area (TPSA) is 44.5 Å². The average Bonchev–Trinajstić information content (AvgIpc) is 2.19. The van der Waals surface area contributed by atoms with Gasteiger partial charge in [-0.25, -0.2) is 0 Å². The molecule has 0 aliphatic rings. The zero-order valence-corrected chi connectivity index (χ0v) is 7.99. The van der Waals surface area contributed by atoms with Crippen LogP contribution in [0, 0.1) is 0 Å². The van der Waals surface area contributed by atoms with E-state index in [0.29, 0.717) is 6.61 Å². The van der Waals surface area contributed by atoms with E-state index in [1.165, 1.54) is 0 Å². The monoisotopic (exact) mass is 181 g/mol. The third-order valence-corrected chi connectivity index (χ3v) is 1.99. The van der Waals surface area contributed by atoms with Crippen molar-refractivity contribution in [3.63, 3.8) is 0 Å². The van der Waals surface area contributed by atoms with Gasteiger partial charge in [0.1, 0.15) is 0 Å². The van der Waals surface area contributed by atoms with Crippen LogP contribution >= 0.6 is 0 Å². The molecule has 1 unspecified atom stereocenters. The van der Waals surface area contributed by atoms with Crippen LogP contribution < -0.4 is 5.73 Å². The van der Waals surface area contributed by atoms with Gasteiger partial charge in [0.05, 0.1) is 6.61 Å². The van der Waals surface area contributed by atoms with Crippen molar-refractivity contribution in [2.24, 2.45) is 5.73 Å². The van der Waals surface area contributed by atoms with E-state index in [1.807, 2.05) is 30.3 Å². The number of benzene rings is 1. The fourth-order valence-electron chi connectivity index (χ4n) is 1.19. The first-order valence-corrected chi connectivity index (χ1v) is 4.11. The zero-order valence-electron chi connectivity index (χ0n) is 7.99. The predicted octanol–water partition coefficient (Wildman–Crippen LogP) is 1.09. The molecule has 13 heavy (non-hydrogen) atoms. The summed E-state index contributed by atoms with van der Waals surface area (Å²) in [5.41, 5.74) is 6.06. The number of ether oxygens (including phenoxy) is 2. The molecule has 0 saturated heterocycles. The summed E-state index contributed by atoms with van der Waals surface area (Å²) in [5.74, 6) is 0. The average molecular weight is 181 g/mol. The van der Waals surface area contributed by atoms with Crippen molar-refractivity contribution in [2.75, 3.05) is 20.8 Å². The molecule has 72 valence electrons. The Kier molecular flexibility index (Phi) is 3.42. The number of nitrogens with two attached hydrogens (primary N) is 1. The van der Waals surface area contributed by atoms with E-state index in [-0.39, 0.29) is 0 Å². The molecule has 0 saturated carbocycles. The van der Waals surface area contributed by atoms with Crippen LogP contribution in [0.15, 0.2) is 30.3 Å². The summed E-state index contributed by atoms with van der Waals surface area (Å²) in [4.78, 5) is 0. The molecule has 2 N–H and O–H groups in total. The first kappa shape index (κ1) is 10.2. The Morgan fingerprint density at radius 1 is 1.23 bits per heavy atom. The normalized spacial score (nSPS) is 15.3. The van der Waals surface area contributed by atoms with Crippen LogP contribution in [0.2, 0.25) is 0 Å². The number of methoxy groups -OCH3 is 2. The minimum Gasteiger partial charge on any atom is -0.380 e. The summed E-state index contributed by atoms with van der Waals surface area (Å²) in [6.45, 7) is 0.341. The molecule has 3 nitrogen and oxygen atoms in total. The molecule has 1 rings (SSSR count). The molecule has 0 fully saturated rings. The Morgan fingerprint density at radius 2 is 1.85 bits per heavy atom. The smallest absolute Gasteiger partial charge is 0.165 e. The van der Waals surface area contributed by atoms with Crippen molar-refractivity contribution in [3.05, 3.63) is 35.9 Å². The summed E-state index contributed by atoms with van der Waals surface area (Å²) in [5, 5.41) is 0. The van der Waals surface area contributed by atoms with E-state index in [9.17, 15) is 0 Å². The Hall–Kier alpha value is -0.900. The van der Waals surface area contributed by atoms with E-state index in [2.05, 4.69) is 0 Å². The minimum atomic E-state index is -0.837. The Labute approximate surface area is 78.5 Å². The van der Waals surface area contributed by atoms with Gasteiger partial charge in [0.25, 0.3) is 0 Å². The summed E-state index contributed by atoms with van der Waals surface area (Å²) in [7, 11) is 3.18. The fourth-order valence-corrected chi connectivity index (χ4v) is 1.19. The van der Waals surface area contributed by atoms with Crippen molar-refractivity contribution in [1.29, 1.82) is 0 Å². The van der Waals surface area contributed by atoms with Gasteiger partial charge >= 0.3 is 0 Å². The fraction of sp³-hybridized carbons (Fsp3) is 0.400. The SMILES string of the molecule is COCC(N)(OC)c1ccccc1. The molecule has 0 aliphatic heterocycles. The molecule has 3 heteroatoms. The van der Waals surface area contributed by atoms with Crippen molar-refractivity contribution in [3.8, 4) is 0 Å². The molecule has 1 atom stereocenters. The van der Waals surface area contributed by atoms with Gasteiger partial charge < -0.3 is 9.47 Å². The van der Waals surface area contributed by atoms with Crippen molar-refractivity contribution >= 4 is 0 Å². The molecule has 0 spiro atoms. The summed E-state index contributed by atoms with van der Waals surface area (Å²) in [6, 6.07) is 9.62. The molecule has 1 aromatic rings. The Balaban J connectivity index is 2.89. The Bertz CT molecular complexity index is 250. The molecule has 0 aliphatic carbocycles. The van der Waals surface area contributed by atoms with Crippen LogP contribution in [0.4, 0.5) is 0 Å². The maximum atomic E-state index is 5.98. The van der Waals surface area contributed by atoms with Gasteiger partial charge in [-0.15, -0.1) is 0 Å². The lowest BCUT2D eigenvalue weighted by Gasteiger charge is -2.27. The van der Waals surface area contributed by atoms with Gasteiger partial charge in [-0.3, -0.25) is 5.73 Å². The third kappa shape index (κ3) is 2.28. The molecule has 0 aromatic heterocycles. The highest BCUT2D eigenvalue weighted by atomic mass is 16.5. The van der Waals surface area contributed by atoms with Crippen molar-refractivity contribution in [1.82, 2.24) is 0 Å². The van der Waals surface area contributed by atoms with Gasteiger partial charge in [-0.2, -0.15) is 0 Å². The standard InChI is InChI=1S/C10H15NO2/c1-12-8-10(11,13-2)9-6-4-3-5-7-9/h3-7H,8,11H2,1-2H3. The van der Waals surface area contributed by atoms with Gasteiger partial charge in [-0.1, -0.05) is 30.3 Å². The maximum absolute atomic E-state index is 5.98. The first-order valence-electron chi connectivity index (χ1n) is 4.11. The van der Waals surface area contributed by atoms with Crippen LogP contribution in [0.3, 0.4) is 0 Å². The van der Waals surface area contributed by atoms with Gasteiger partial charge in [-0.05, 0) is 0 Å². The van der Waals surface area contributed by atoms with E-state index < -0.39 is 5.72 Å². The second kappa shape index (κ2) is 4.37.